The Bertz CT molecular complexity index is 479. The molecule has 0 spiro atoms. The number of aliphatic hydroxyl groups excluding tert-OH is 1. The van der Waals surface area contributed by atoms with Crippen molar-refractivity contribution in [2.45, 2.75) is 70.3 Å². The second-order valence-electron chi connectivity index (χ2n) is 7.17. The van der Waals surface area contributed by atoms with E-state index >= 15 is 0 Å². The van der Waals surface area contributed by atoms with Crippen molar-refractivity contribution in [2.24, 2.45) is 11.7 Å². The van der Waals surface area contributed by atoms with Crippen molar-refractivity contribution >= 4 is 0 Å². The Morgan fingerprint density at radius 3 is 2.39 bits per heavy atom. The number of aryl methyl sites for hydroxylation is 1. The Morgan fingerprint density at radius 2 is 1.70 bits per heavy atom. The third kappa shape index (κ3) is 5.47. The van der Waals surface area contributed by atoms with Crippen LogP contribution in [0.25, 0.3) is 0 Å². The Labute approximate surface area is 141 Å². The van der Waals surface area contributed by atoms with Gasteiger partial charge in [0, 0.05) is 11.5 Å². The summed E-state index contributed by atoms with van der Waals surface area (Å²) in [4.78, 5) is 0. The summed E-state index contributed by atoms with van der Waals surface area (Å²) in [5, 5.41) is 9.53. The quantitative estimate of drug-likeness (QED) is 0.496. The maximum atomic E-state index is 9.53. The second-order valence-corrected chi connectivity index (χ2v) is 7.17. The van der Waals surface area contributed by atoms with Gasteiger partial charge in [-0.15, -0.1) is 0 Å². The lowest BCUT2D eigenvalue weighted by atomic mass is 9.83. The van der Waals surface area contributed by atoms with Gasteiger partial charge in [-0.25, -0.2) is 0 Å². The average Bonchev–Trinajstić information content (AvgIpc) is 2.94. The molecule has 1 aliphatic carbocycles. The topological polar surface area (TPSA) is 46.2 Å². The van der Waals surface area contributed by atoms with E-state index < -0.39 is 5.54 Å². The molecule has 23 heavy (non-hydrogen) atoms. The molecule has 3 N–H and O–H groups in total. The molecule has 1 aromatic rings. The van der Waals surface area contributed by atoms with Gasteiger partial charge < -0.3 is 10.8 Å². The van der Waals surface area contributed by atoms with Gasteiger partial charge in [0.05, 0.1) is 6.61 Å². The molecule has 1 aromatic carbocycles. The molecular weight excluding hydrogens is 282 g/mol. The number of hydrogen-bond donors (Lipinski definition) is 2. The van der Waals surface area contributed by atoms with E-state index in [1.807, 2.05) is 0 Å². The number of unbranched alkanes of at least 4 members (excludes halogenated alkanes) is 5. The van der Waals surface area contributed by atoms with Crippen LogP contribution in [0.1, 0.15) is 63.0 Å². The molecule has 0 amide bonds. The van der Waals surface area contributed by atoms with Gasteiger partial charge in [-0.3, -0.25) is 0 Å². The summed E-state index contributed by atoms with van der Waals surface area (Å²) < 4.78 is 0. The van der Waals surface area contributed by atoms with Crippen molar-refractivity contribution in [1.29, 1.82) is 0 Å². The van der Waals surface area contributed by atoms with E-state index in [4.69, 9.17) is 5.73 Å². The summed E-state index contributed by atoms with van der Waals surface area (Å²) in [6.07, 6.45) is 15.3. The van der Waals surface area contributed by atoms with E-state index in [2.05, 4.69) is 43.3 Å². The minimum atomic E-state index is -0.461. The highest BCUT2D eigenvalue weighted by atomic mass is 16.3. The zero-order valence-electron chi connectivity index (χ0n) is 14.6. The maximum Gasteiger partial charge on any atom is 0.0620 e. The lowest BCUT2D eigenvalue weighted by Crippen LogP contribution is -2.48. The molecule has 0 saturated carbocycles. The summed E-state index contributed by atoms with van der Waals surface area (Å²) in [5.74, 6) is 0.247. The smallest absolute Gasteiger partial charge is 0.0620 e. The first-order valence-corrected chi connectivity index (χ1v) is 9.32. The highest BCUT2D eigenvalue weighted by molar-refractivity contribution is 5.26. The predicted molar refractivity (Wildman–Crippen MR) is 98.5 cm³/mol. The van der Waals surface area contributed by atoms with Gasteiger partial charge >= 0.3 is 0 Å². The van der Waals surface area contributed by atoms with Gasteiger partial charge in [0.15, 0.2) is 0 Å². The van der Waals surface area contributed by atoms with Crippen LogP contribution in [0.15, 0.2) is 36.4 Å². The highest BCUT2D eigenvalue weighted by Gasteiger charge is 2.35. The lowest BCUT2D eigenvalue weighted by molar-refractivity contribution is 0.169. The zero-order chi connectivity index (χ0) is 16.5. The highest BCUT2D eigenvalue weighted by Crippen LogP contribution is 2.30. The van der Waals surface area contributed by atoms with Crippen LogP contribution >= 0.6 is 0 Å². The number of aliphatic hydroxyl groups is 1. The van der Waals surface area contributed by atoms with E-state index in [0.29, 0.717) is 0 Å². The molecule has 2 heteroatoms. The number of benzene rings is 1. The van der Waals surface area contributed by atoms with Crippen molar-refractivity contribution in [3.63, 3.8) is 0 Å². The van der Waals surface area contributed by atoms with E-state index in [-0.39, 0.29) is 12.5 Å². The predicted octanol–water partition coefficient (Wildman–Crippen LogP) is 4.40. The van der Waals surface area contributed by atoms with Crippen LogP contribution in [0.2, 0.25) is 0 Å². The Morgan fingerprint density at radius 1 is 1.04 bits per heavy atom. The van der Waals surface area contributed by atoms with Gasteiger partial charge in [-0.05, 0) is 36.8 Å². The van der Waals surface area contributed by atoms with Crippen LogP contribution in [0.4, 0.5) is 0 Å². The first-order chi connectivity index (χ1) is 11.2. The monoisotopic (exact) mass is 315 g/mol. The summed E-state index contributed by atoms with van der Waals surface area (Å²) in [7, 11) is 0. The Hall–Kier alpha value is -1.12. The first kappa shape index (κ1) is 18.2. The van der Waals surface area contributed by atoms with E-state index in [1.54, 1.807) is 0 Å². The standard InChI is InChI=1S/C21H33NO/c1-2-3-4-5-6-7-9-18-11-13-19(14-12-18)16-20-10-8-15-21(20,22)17-23/h8,10-14,20,23H,2-7,9,15-17,22H2,1H3. The third-order valence-corrected chi connectivity index (χ3v) is 5.20. The summed E-state index contributed by atoms with van der Waals surface area (Å²) in [6, 6.07) is 8.99. The van der Waals surface area contributed by atoms with Crippen molar-refractivity contribution in [1.82, 2.24) is 0 Å². The summed E-state index contributed by atoms with van der Waals surface area (Å²) in [5.41, 5.74) is 8.58. The summed E-state index contributed by atoms with van der Waals surface area (Å²) in [6.45, 7) is 2.32. The molecule has 0 aromatic heterocycles. The molecule has 0 bridgehead atoms. The fourth-order valence-corrected chi connectivity index (χ4v) is 3.45. The first-order valence-electron chi connectivity index (χ1n) is 9.32. The zero-order valence-corrected chi connectivity index (χ0v) is 14.6. The largest absolute Gasteiger partial charge is 0.394 e. The van der Waals surface area contributed by atoms with Crippen LogP contribution in [-0.2, 0) is 12.8 Å². The van der Waals surface area contributed by atoms with Crippen LogP contribution in [0, 0.1) is 5.92 Å². The molecule has 2 rings (SSSR count). The van der Waals surface area contributed by atoms with E-state index in [0.717, 1.165) is 12.8 Å². The molecule has 0 heterocycles. The van der Waals surface area contributed by atoms with Crippen molar-refractivity contribution in [3.8, 4) is 0 Å². The average molecular weight is 316 g/mol. The molecule has 2 nitrogen and oxygen atoms in total. The molecule has 1 aliphatic rings. The minimum absolute atomic E-state index is 0.0563. The minimum Gasteiger partial charge on any atom is -0.394 e. The van der Waals surface area contributed by atoms with Crippen LogP contribution in [0.5, 0.6) is 0 Å². The number of rotatable bonds is 10. The second kappa shape index (κ2) is 9.24. The Balaban J connectivity index is 1.75. The number of nitrogens with two attached hydrogens (primary N) is 1. The Kier molecular flexibility index (Phi) is 7.32. The van der Waals surface area contributed by atoms with Gasteiger partial charge in [-0.1, -0.05) is 75.4 Å². The molecule has 0 fully saturated rings. The lowest BCUT2D eigenvalue weighted by Gasteiger charge is -2.29. The van der Waals surface area contributed by atoms with Crippen LogP contribution in [0.3, 0.4) is 0 Å². The fourth-order valence-electron chi connectivity index (χ4n) is 3.45. The fraction of sp³-hybridized carbons (Fsp3) is 0.619. The number of hydrogen-bond acceptors (Lipinski definition) is 2. The molecule has 2 atom stereocenters. The van der Waals surface area contributed by atoms with Crippen LogP contribution in [-0.4, -0.2) is 17.3 Å². The maximum absolute atomic E-state index is 9.53. The van der Waals surface area contributed by atoms with Gasteiger partial charge in [-0.2, -0.15) is 0 Å². The molecular formula is C21H33NO. The molecule has 2 unspecified atom stereocenters. The van der Waals surface area contributed by atoms with Crippen LogP contribution < -0.4 is 5.73 Å². The van der Waals surface area contributed by atoms with Gasteiger partial charge in [0.25, 0.3) is 0 Å². The third-order valence-electron chi connectivity index (χ3n) is 5.20. The van der Waals surface area contributed by atoms with Crippen molar-refractivity contribution < 1.29 is 5.11 Å². The summed E-state index contributed by atoms with van der Waals surface area (Å²) >= 11 is 0. The molecule has 0 saturated heterocycles. The molecule has 128 valence electrons. The van der Waals surface area contributed by atoms with Crippen molar-refractivity contribution in [3.05, 3.63) is 47.5 Å². The van der Waals surface area contributed by atoms with Gasteiger partial charge in [0.1, 0.15) is 0 Å². The normalized spacial score (nSPS) is 23.5. The van der Waals surface area contributed by atoms with E-state index in [9.17, 15) is 5.11 Å². The van der Waals surface area contributed by atoms with Gasteiger partial charge in [0.2, 0.25) is 0 Å². The van der Waals surface area contributed by atoms with E-state index in [1.165, 1.54) is 56.1 Å². The molecule has 0 radical (unpaired) electrons. The SMILES string of the molecule is CCCCCCCCc1ccc(CC2C=CCC2(N)CO)cc1. The molecule has 0 aliphatic heterocycles. The van der Waals surface area contributed by atoms with Crippen molar-refractivity contribution in [2.75, 3.05) is 6.61 Å².